The summed E-state index contributed by atoms with van der Waals surface area (Å²) in [6.45, 7) is 2.91. The lowest BCUT2D eigenvalue weighted by atomic mass is 9.96. The van der Waals surface area contributed by atoms with Crippen LogP contribution in [0.3, 0.4) is 0 Å². The minimum atomic E-state index is -1.52. The zero-order valence-corrected chi connectivity index (χ0v) is 21.2. The fraction of sp³-hybridized carbons (Fsp3) is 0.276. The van der Waals surface area contributed by atoms with E-state index in [0.29, 0.717) is 17.1 Å². The number of hydrogen-bond acceptors (Lipinski definition) is 7. The third-order valence-corrected chi connectivity index (χ3v) is 6.54. The van der Waals surface area contributed by atoms with Crippen molar-refractivity contribution in [3.63, 3.8) is 0 Å². The molecule has 0 aliphatic carbocycles. The summed E-state index contributed by atoms with van der Waals surface area (Å²) in [7, 11) is 0. The number of hydrogen-bond donors (Lipinski definition) is 1. The molecule has 0 saturated carbocycles. The molecule has 3 rings (SSSR count). The van der Waals surface area contributed by atoms with Gasteiger partial charge in [-0.05, 0) is 31.5 Å². The van der Waals surface area contributed by atoms with Crippen LogP contribution in [0.2, 0.25) is 0 Å². The van der Waals surface area contributed by atoms with E-state index in [1.807, 2.05) is 48.5 Å². The quantitative estimate of drug-likeness (QED) is 0.191. The van der Waals surface area contributed by atoms with E-state index in [9.17, 15) is 19.5 Å². The summed E-state index contributed by atoms with van der Waals surface area (Å²) in [5.41, 5.74) is 0.255. The molecule has 0 spiro atoms. The Kier molecular flexibility index (Phi) is 9.85. The largest absolute Gasteiger partial charge is 0.489 e. The first kappa shape index (κ1) is 27.2. The summed E-state index contributed by atoms with van der Waals surface area (Å²) in [5.74, 6) is -0.119. The molecule has 0 aromatic heterocycles. The van der Waals surface area contributed by atoms with Crippen LogP contribution in [0.25, 0.3) is 0 Å². The number of ether oxygens (including phenoxy) is 2. The number of rotatable bonds is 13. The molecular formula is C29H30O6S. The zero-order valence-electron chi connectivity index (χ0n) is 20.4. The molecule has 0 bridgehead atoms. The summed E-state index contributed by atoms with van der Waals surface area (Å²) in [4.78, 5) is 37.8. The molecule has 6 nitrogen and oxygen atoms in total. The maximum Gasteiger partial charge on any atom is 0.306 e. The maximum atomic E-state index is 13.1. The molecule has 3 aromatic carbocycles. The summed E-state index contributed by atoms with van der Waals surface area (Å²) >= 11 is 1.41. The van der Waals surface area contributed by atoms with Crippen molar-refractivity contribution in [3.05, 3.63) is 102 Å². The molecule has 1 atom stereocenters. The van der Waals surface area contributed by atoms with E-state index in [2.05, 4.69) is 0 Å². The van der Waals surface area contributed by atoms with Crippen LogP contribution in [0, 0.1) is 0 Å². The van der Waals surface area contributed by atoms with Crippen molar-refractivity contribution in [1.29, 1.82) is 0 Å². The van der Waals surface area contributed by atoms with Crippen LogP contribution in [-0.2, 0) is 9.53 Å². The Balaban J connectivity index is 1.48. The first-order chi connectivity index (χ1) is 17.3. The van der Waals surface area contributed by atoms with Gasteiger partial charge in [-0.15, -0.1) is 11.8 Å². The Morgan fingerprint density at radius 1 is 0.861 bits per heavy atom. The molecular weight excluding hydrogens is 476 g/mol. The lowest BCUT2D eigenvalue weighted by Crippen LogP contribution is -2.31. The normalized spacial score (nSPS) is 12.0. The van der Waals surface area contributed by atoms with Crippen molar-refractivity contribution in [2.75, 3.05) is 19.0 Å². The number of benzene rings is 3. The minimum absolute atomic E-state index is 0.00663. The number of Topliss-reactive ketones (excluding diaryl/α,β-unsaturated/α-hetero) is 2. The average molecular weight is 507 g/mol. The van der Waals surface area contributed by atoms with Gasteiger partial charge in [0, 0.05) is 11.3 Å². The van der Waals surface area contributed by atoms with Gasteiger partial charge in [0.25, 0.3) is 0 Å². The molecule has 0 saturated heterocycles. The Morgan fingerprint density at radius 3 is 2.14 bits per heavy atom. The SMILES string of the molecule is CC(C)(O)C(=O)c1ccccc1OCCOC(=O)CCSC(C(=O)c1ccccc1)c1ccccc1. The van der Waals surface area contributed by atoms with E-state index in [4.69, 9.17) is 9.47 Å². The van der Waals surface area contributed by atoms with E-state index in [0.717, 1.165) is 5.56 Å². The van der Waals surface area contributed by atoms with Crippen molar-refractivity contribution in [2.24, 2.45) is 0 Å². The van der Waals surface area contributed by atoms with Crippen molar-refractivity contribution in [2.45, 2.75) is 31.1 Å². The van der Waals surface area contributed by atoms with Gasteiger partial charge in [-0.3, -0.25) is 14.4 Å². The molecule has 1 unspecified atom stereocenters. The fourth-order valence-corrected chi connectivity index (χ4v) is 4.61. The van der Waals surface area contributed by atoms with E-state index in [1.54, 1.807) is 36.4 Å². The first-order valence-electron chi connectivity index (χ1n) is 11.7. The number of carbonyl (C=O) groups excluding carboxylic acids is 3. The lowest BCUT2D eigenvalue weighted by molar-refractivity contribution is -0.143. The molecule has 3 aromatic rings. The van der Waals surface area contributed by atoms with Crippen LogP contribution >= 0.6 is 11.8 Å². The number of thioether (sulfide) groups is 1. The first-order valence-corrected chi connectivity index (χ1v) is 12.7. The molecule has 0 aliphatic rings. The van der Waals surface area contributed by atoms with E-state index in [-0.39, 0.29) is 31.0 Å². The molecule has 0 amide bonds. The van der Waals surface area contributed by atoms with Gasteiger partial charge in [0.1, 0.15) is 24.6 Å². The van der Waals surface area contributed by atoms with Gasteiger partial charge >= 0.3 is 5.97 Å². The van der Waals surface area contributed by atoms with Crippen molar-refractivity contribution in [1.82, 2.24) is 0 Å². The van der Waals surface area contributed by atoms with Gasteiger partial charge in [0.2, 0.25) is 0 Å². The van der Waals surface area contributed by atoms with Crippen molar-refractivity contribution < 1.29 is 29.0 Å². The summed E-state index contributed by atoms with van der Waals surface area (Å²) in [6, 6.07) is 25.2. The number of aliphatic hydroxyl groups is 1. The second-order valence-corrected chi connectivity index (χ2v) is 9.81. The number of para-hydroxylation sites is 1. The fourth-order valence-electron chi connectivity index (χ4n) is 3.45. The number of ketones is 2. The molecule has 0 heterocycles. The smallest absolute Gasteiger partial charge is 0.306 e. The third-order valence-electron chi connectivity index (χ3n) is 5.28. The molecule has 0 radical (unpaired) electrons. The highest BCUT2D eigenvalue weighted by Crippen LogP contribution is 2.33. The van der Waals surface area contributed by atoms with Gasteiger partial charge < -0.3 is 14.6 Å². The van der Waals surface area contributed by atoms with Crippen LogP contribution in [0.1, 0.15) is 51.8 Å². The molecule has 0 fully saturated rings. The molecule has 36 heavy (non-hydrogen) atoms. The van der Waals surface area contributed by atoms with E-state index >= 15 is 0 Å². The highest BCUT2D eigenvalue weighted by Gasteiger charge is 2.27. The van der Waals surface area contributed by atoms with Crippen LogP contribution in [0.4, 0.5) is 0 Å². The summed E-state index contributed by atoms with van der Waals surface area (Å²) < 4.78 is 10.9. The van der Waals surface area contributed by atoms with Gasteiger partial charge in [-0.2, -0.15) is 0 Å². The Labute approximate surface area is 215 Å². The lowest BCUT2D eigenvalue weighted by Gasteiger charge is -2.18. The topological polar surface area (TPSA) is 89.9 Å². The van der Waals surface area contributed by atoms with Gasteiger partial charge in [-0.1, -0.05) is 72.8 Å². The molecule has 7 heteroatoms. The highest BCUT2D eigenvalue weighted by atomic mass is 32.2. The molecule has 188 valence electrons. The van der Waals surface area contributed by atoms with Gasteiger partial charge in [-0.25, -0.2) is 0 Å². The predicted molar refractivity (Wildman–Crippen MR) is 141 cm³/mol. The second kappa shape index (κ2) is 13.0. The maximum absolute atomic E-state index is 13.1. The van der Waals surface area contributed by atoms with Crippen molar-refractivity contribution in [3.8, 4) is 5.75 Å². The van der Waals surface area contributed by atoms with Crippen LogP contribution in [-0.4, -0.2) is 47.2 Å². The molecule has 0 aliphatic heterocycles. The summed E-state index contributed by atoms with van der Waals surface area (Å²) in [6.07, 6.45) is 0.143. The number of esters is 1. The monoisotopic (exact) mass is 506 g/mol. The van der Waals surface area contributed by atoms with E-state index in [1.165, 1.54) is 25.6 Å². The van der Waals surface area contributed by atoms with Crippen LogP contribution in [0.15, 0.2) is 84.9 Å². The zero-order chi connectivity index (χ0) is 26.0. The second-order valence-electron chi connectivity index (χ2n) is 8.60. The minimum Gasteiger partial charge on any atom is -0.489 e. The van der Waals surface area contributed by atoms with Crippen LogP contribution in [0.5, 0.6) is 5.75 Å². The predicted octanol–water partition coefficient (Wildman–Crippen LogP) is 5.31. The third kappa shape index (κ3) is 7.80. The Bertz CT molecular complexity index is 1160. The highest BCUT2D eigenvalue weighted by molar-refractivity contribution is 8.00. The number of carbonyl (C=O) groups is 3. The standard InChI is InChI=1S/C29H30O6S/c1-29(2,33)28(32)23-15-9-10-16-24(23)34-18-19-35-25(30)17-20-36-27(22-13-7-4-8-14-22)26(31)21-11-5-3-6-12-21/h3-16,27,33H,17-20H2,1-2H3. The summed E-state index contributed by atoms with van der Waals surface area (Å²) in [5, 5.41) is 9.58. The van der Waals surface area contributed by atoms with Crippen LogP contribution < -0.4 is 4.74 Å². The van der Waals surface area contributed by atoms with Gasteiger partial charge in [0.05, 0.1) is 17.2 Å². The van der Waals surface area contributed by atoms with E-state index < -0.39 is 22.6 Å². The van der Waals surface area contributed by atoms with Gasteiger partial charge in [0.15, 0.2) is 11.6 Å². The average Bonchev–Trinajstić information content (AvgIpc) is 2.89. The van der Waals surface area contributed by atoms with Crippen molar-refractivity contribution >= 4 is 29.3 Å². The molecule has 1 N–H and O–H groups in total. The Hall–Kier alpha value is -3.42. The Morgan fingerprint density at radius 2 is 1.47 bits per heavy atom.